The van der Waals surface area contributed by atoms with Crippen LogP contribution in [-0.2, 0) is 4.79 Å². The second-order valence-electron chi connectivity index (χ2n) is 2.02. The first-order valence-electron chi connectivity index (χ1n) is 2.99. The molecule has 1 saturated heterocycles. The van der Waals surface area contributed by atoms with Crippen LogP contribution in [0.25, 0.3) is 0 Å². The number of hydrogen-bond acceptors (Lipinski definition) is 2. The molecule has 2 heteroatoms. The first kappa shape index (κ1) is 5.76. The predicted molar refractivity (Wildman–Crippen MR) is 31.2 cm³/mol. The molecule has 0 aliphatic carbocycles. The molecule has 1 rings (SSSR count). The zero-order chi connectivity index (χ0) is 5.82. The molecule has 0 unspecified atom stereocenters. The van der Waals surface area contributed by atoms with Crippen LogP contribution >= 0.6 is 0 Å². The van der Waals surface area contributed by atoms with Gasteiger partial charge in [-0.15, -0.1) is 0 Å². The third-order valence-corrected chi connectivity index (χ3v) is 1.26. The molecule has 0 aromatic heterocycles. The van der Waals surface area contributed by atoms with Crippen LogP contribution in [0, 0.1) is 6.54 Å². The van der Waals surface area contributed by atoms with Gasteiger partial charge >= 0.3 is 0 Å². The summed E-state index contributed by atoms with van der Waals surface area (Å²) in [6, 6.07) is 0. The van der Waals surface area contributed by atoms with E-state index in [-0.39, 0.29) is 5.78 Å². The summed E-state index contributed by atoms with van der Waals surface area (Å²) in [5.41, 5.74) is 0. The van der Waals surface area contributed by atoms with Gasteiger partial charge in [0.1, 0.15) is 0 Å². The first-order chi connectivity index (χ1) is 3.89. The van der Waals surface area contributed by atoms with E-state index in [1.807, 2.05) is 0 Å². The lowest BCUT2D eigenvalue weighted by Gasteiger charge is -1.90. The molecule has 1 heterocycles. The standard InChI is InChI=1S/C6H10NO/c8-6-3-1-2-4-7-5-6/h5,7H,1-4H2. The SMILES string of the molecule is O=C1[CH]NCCCC1. The summed E-state index contributed by atoms with van der Waals surface area (Å²) in [5.74, 6) is 0.238. The highest BCUT2D eigenvalue weighted by molar-refractivity contribution is 5.86. The zero-order valence-corrected chi connectivity index (χ0v) is 4.81. The Balaban J connectivity index is 2.27. The maximum absolute atomic E-state index is 10.6. The minimum absolute atomic E-state index is 0.238. The Kier molecular flexibility index (Phi) is 2.03. The number of hydrogen-bond donors (Lipinski definition) is 1. The molecule has 0 aromatic carbocycles. The Labute approximate surface area is 49.3 Å². The molecule has 1 radical (unpaired) electrons. The van der Waals surface area contributed by atoms with E-state index in [9.17, 15) is 4.79 Å². The van der Waals surface area contributed by atoms with Crippen molar-refractivity contribution in [3.05, 3.63) is 6.54 Å². The average molecular weight is 112 g/mol. The molecule has 0 aromatic rings. The van der Waals surface area contributed by atoms with Gasteiger partial charge in [-0.1, -0.05) is 0 Å². The van der Waals surface area contributed by atoms with Crippen LogP contribution in [0.4, 0.5) is 0 Å². The molecule has 1 fully saturated rings. The maximum atomic E-state index is 10.6. The molecule has 0 atom stereocenters. The fraction of sp³-hybridized carbons (Fsp3) is 0.667. The highest BCUT2D eigenvalue weighted by Crippen LogP contribution is 2.00. The Bertz CT molecular complexity index is 80.5. The first-order valence-corrected chi connectivity index (χ1v) is 2.99. The van der Waals surface area contributed by atoms with Gasteiger partial charge < -0.3 is 5.32 Å². The lowest BCUT2D eigenvalue weighted by molar-refractivity contribution is -0.116. The van der Waals surface area contributed by atoms with Gasteiger partial charge in [0.05, 0.1) is 6.54 Å². The fourth-order valence-electron chi connectivity index (χ4n) is 0.784. The third-order valence-electron chi connectivity index (χ3n) is 1.26. The van der Waals surface area contributed by atoms with E-state index >= 15 is 0 Å². The van der Waals surface area contributed by atoms with E-state index in [1.54, 1.807) is 6.54 Å². The van der Waals surface area contributed by atoms with Gasteiger partial charge in [-0.2, -0.15) is 0 Å². The van der Waals surface area contributed by atoms with Gasteiger partial charge in [-0.3, -0.25) is 4.79 Å². The summed E-state index contributed by atoms with van der Waals surface area (Å²) in [7, 11) is 0. The molecular weight excluding hydrogens is 102 g/mol. The summed E-state index contributed by atoms with van der Waals surface area (Å²) >= 11 is 0. The number of rotatable bonds is 0. The maximum Gasteiger partial charge on any atom is 0.151 e. The summed E-state index contributed by atoms with van der Waals surface area (Å²) in [4.78, 5) is 10.6. The van der Waals surface area contributed by atoms with Crippen molar-refractivity contribution < 1.29 is 4.79 Å². The highest BCUT2D eigenvalue weighted by Gasteiger charge is 2.04. The largest absolute Gasteiger partial charge is 0.306 e. The smallest absolute Gasteiger partial charge is 0.151 e. The number of carbonyl (C=O) groups excluding carboxylic acids is 1. The monoisotopic (exact) mass is 112 g/mol. The molecule has 1 aliphatic rings. The lowest BCUT2D eigenvalue weighted by atomic mass is 10.2. The van der Waals surface area contributed by atoms with Gasteiger partial charge in [0, 0.05) is 6.42 Å². The lowest BCUT2D eigenvalue weighted by Crippen LogP contribution is -2.13. The van der Waals surface area contributed by atoms with Gasteiger partial charge in [-0.25, -0.2) is 0 Å². The van der Waals surface area contributed by atoms with Crippen LogP contribution in [-0.4, -0.2) is 12.3 Å². The molecule has 0 saturated carbocycles. The van der Waals surface area contributed by atoms with Gasteiger partial charge in [0.2, 0.25) is 0 Å². The summed E-state index contributed by atoms with van der Waals surface area (Å²) in [6.45, 7) is 2.54. The van der Waals surface area contributed by atoms with Crippen molar-refractivity contribution >= 4 is 5.78 Å². The van der Waals surface area contributed by atoms with Crippen LogP contribution in [0.2, 0.25) is 0 Å². The molecule has 45 valence electrons. The average Bonchev–Trinajstić information content (AvgIpc) is 1.94. The quantitative estimate of drug-likeness (QED) is 0.494. The van der Waals surface area contributed by atoms with Crippen molar-refractivity contribution in [2.24, 2.45) is 0 Å². The second kappa shape index (κ2) is 2.82. The van der Waals surface area contributed by atoms with Crippen molar-refractivity contribution in [3.63, 3.8) is 0 Å². The summed E-state index contributed by atoms with van der Waals surface area (Å²) in [5, 5.41) is 2.92. The van der Waals surface area contributed by atoms with E-state index in [2.05, 4.69) is 5.32 Å². The van der Waals surface area contributed by atoms with Crippen LogP contribution in [0.15, 0.2) is 0 Å². The fourth-order valence-corrected chi connectivity index (χ4v) is 0.784. The van der Waals surface area contributed by atoms with E-state index in [4.69, 9.17) is 0 Å². The number of nitrogens with one attached hydrogen (secondary N) is 1. The van der Waals surface area contributed by atoms with Crippen LogP contribution < -0.4 is 5.32 Å². The number of ketones is 1. The van der Waals surface area contributed by atoms with Gasteiger partial charge in [-0.05, 0) is 19.4 Å². The number of Topliss-reactive ketones (excluding diaryl/α,β-unsaturated/α-hetero) is 1. The Morgan fingerprint density at radius 3 is 3.25 bits per heavy atom. The van der Waals surface area contributed by atoms with Crippen LogP contribution in [0.3, 0.4) is 0 Å². The van der Waals surface area contributed by atoms with Gasteiger partial charge in [0.25, 0.3) is 0 Å². The van der Waals surface area contributed by atoms with E-state index in [0.29, 0.717) is 0 Å². The molecule has 1 N–H and O–H groups in total. The molecule has 0 spiro atoms. The molecular formula is C6H10NO. The normalized spacial score (nSPS) is 22.8. The van der Waals surface area contributed by atoms with Crippen LogP contribution in [0.5, 0.6) is 0 Å². The van der Waals surface area contributed by atoms with Crippen molar-refractivity contribution in [1.29, 1.82) is 0 Å². The number of carbonyl (C=O) groups is 1. The van der Waals surface area contributed by atoms with Crippen molar-refractivity contribution in [2.75, 3.05) is 6.54 Å². The highest BCUT2D eigenvalue weighted by atomic mass is 16.1. The Morgan fingerprint density at radius 1 is 1.50 bits per heavy atom. The minimum Gasteiger partial charge on any atom is -0.306 e. The third kappa shape index (κ3) is 1.62. The Hall–Kier alpha value is -0.370. The van der Waals surface area contributed by atoms with Crippen LogP contribution in [0.1, 0.15) is 19.3 Å². The predicted octanol–water partition coefficient (Wildman–Crippen LogP) is 0.491. The van der Waals surface area contributed by atoms with E-state index in [0.717, 1.165) is 25.8 Å². The molecule has 2 nitrogen and oxygen atoms in total. The molecule has 8 heavy (non-hydrogen) atoms. The Morgan fingerprint density at radius 2 is 2.38 bits per heavy atom. The topological polar surface area (TPSA) is 29.1 Å². The van der Waals surface area contributed by atoms with Crippen molar-refractivity contribution in [3.8, 4) is 0 Å². The minimum atomic E-state index is 0.238. The molecule has 0 bridgehead atoms. The van der Waals surface area contributed by atoms with E-state index in [1.165, 1.54) is 0 Å². The zero-order valence-electron chi connectivity index (χ0n) is 4.81. The molecule has 1 aliphatic heterocycles. The van der Waals surface area contributed by atoms with Gasteiger partial charge in [0.15, 0.2) is 5.78 Å². The summed E-state index contributed by atoms with van der Waals surface area (Å²) < 4.78 is 0. The molecule has 0 amide bonds. The van der Waals surface area contributed by atoms with Crippen molar-refractivity contribution in [2.45, 2.75) is 19.3 Å². The summed E-state index contributed by atoms with van der Waals surface area (Å²) in [6.07, 6.45) is 2.90. The van der Waals surface area contributed by atoms with E-state index < -0.39 is 0 Å². The second-order valence-corrected chi connectivity index (χ2v) is 2.02. The van der Waals surface area contributed by atoms with Crippen molar-refractivity contribution in [1.82, 2.24) is 5.32 Å².